The van der Waals surface area contributed by atoms with Gasteiger partial charge in [-0.05, 0) is 24.3 Å². The van der Waals surface area contributed by atoms with Gasteiger partial charge >= 0.3 is 42.7 Å². The standard InChI is InChI=1S/C14H14F4O12S2/c15-13(16,31(21,22)23)11(19)29-7-5-27-9-1-2-10(4-3-9)28-6-8-30-12(20)14(17,18)32(24,25)26/h1-4H,5-8H2,(H,21,22,23)(H,24,25,26). The van der Waals surface area contributed by atoms with Crippen molar-refractivity contribution in [3.8, 4) is 11.5 Å². The van der Waals surface area contributed by atoms with Gasteiger partial charge in [0.05, 0.1) is 0 Å². The molecule has 0 aliphatic carbocycles. The molecule has 0 spiro atoms. The second-order valence-electron chi connectivity index (χ2n) is 5.42. The van der Waals surface area contributed by atoms with Gasteiger partial charge < -0.3 is 18.9 Å². The average Bonchev–Trinajstić information content (AvgIpc) is 2.67. The van der Waals surface area contributed by atoms with Gasteiger partial charge in [-0.3, -0.25) is 9.11 Å². The van der Waals surface area contributed by atoms with Gasteiger partial charge in [-0.15, -0.1) is 0 Å². The Morgan fingerprint density at radius 1 is 0.688 bits per heavy atom. The zero-order valence-electron chi connectivity index (χ0n) is 15.4. The van der Waals surface area contributed by atoms with Crippen molar-refractivity contribution < 1.29 is 72.0 Å². The Morgan fingerprint density at radius 2 is 0.969 bits per heavy atom. The Labute approximate surface area is 177 Å². The van der Waals surface area contributed by atoms with Crippen LogP contribution in [0.3, 0.4) is 0 Å². The smallest absolute Gasteiger partial charge is 0.465 e. The summed E-state index contributed by atoms with van der Waals surface area (Å²) in [5, 5.41) is -10.3. The highest BCUT2D eigenvalue weighted by atomic mass is 32.2. The summed E-state index contributed by atoms with van der Waals surface area (Å²) >= 11 is 0. The minimum absolute atomic E-state index is 0.106. The first-order chi connectivity index (χ1) is 14.5. The molecule has 0 atom stereocenters. The maximum absolute atomic E-state index is 12.9. The SMILES string of the molecule is O=C(OCCOc1ccc(OCCOC(=O)C(F)(F)S(=O)(=O)O)cc1)C(F)(F)S(=O)(=O)O. The minimum atomic E-state index is -5.99. The van der Waals surface area contributed by atoms with Crippen molar-refractivity contribution in [3.05, 3.63) is 24.3 Å². The molecule has 1 rings (SSSR count). The van der Waals surface area contributed by atoms with E-state index in [1.165, 1.54) is 24.3 Å². The molecule has 32 heavy (non-hydrogen) atoms. The summed E-state index contributed by atoms with van der Waals surface area (Å²) in [4.78, 5) is 21.9. The first-order valence-electron chi connectivity index (χ1n) is 7.90. The Morgan fingerprint density at radius 3 is 1.22 bits per heavy atom. The van der Waals surface area contributed by atoms with Crippen LogP contribution < -0.4 is 9.47 Å². The summed E-state index contributed by atoms with van der Waals surface area (Å²) in [5.41, 5.74) is 0. The number of halogens is 4. The number of alkyl halides is 4. The molecule has 12 nitrogen and oxygen atoms in total. The molecule has 0 saturated heterocycles. The van der Waals surface area contributed by atoms with Gasteiger partial charge in [0.2, 0.25) is 0 Å². The predicted molar refractivity (Wildman–Crippen MR) is 92.3 cm³/mol. The van der Waals surface area contributed by atoms with Gasteiger partial charge in [-0.25, -0.2) is 9.59 Å². The van der Waals surface area contributed by atoms with Crippen LogP contribution in [0.2, 0.25) is 0 Å². The van der Waals surface area contributed by atoms with Gasteiger partial charge in [0.15, 0.2) is 0 Å². The molecule has 0 saturated carbocycles. The van der Waals surface area contributed by atoms with Crippen molar-refractivity contribution in [1.29, 1.82) is 0 Å². The summed E-state index contributed by atoms with van der Waals surface area (Å²) in [5.74, 6) is -4.78. The number of hydrogen-bond donors (Lipinski definition) is 2. The number of carbonyl (C=O) groups is 2. The molecule has 0 radical (unpaired) electrons. The molecular formula is C14H14F4O12S2. The van der Waals surface area contributed by atoms with Crippen LogP contribution in [0.1, 0.15) is 0 Å². The first-order valence-corrected chi connectivity index (χ1v) is 10.8. The van der Waals surface area contributed by atoms with Crippen molar-refractivity contribution >= 4 is 32.2 Å². The van der Waals surface area contributed by atoms with Gasteiger partial charge in [-0.1, -0.05) is 0 Å². The fraction of sp³-hybridized carbons (Fsp3) is 0.429. The van der Waals surface area contributed by atoms with Crippen molar-refractivity contribution in [3.63, 3.8) is 0 Å². The zero-order valence-corrected chi connectivity index (χ0v) is 17.1. The van der Waals surface area contributed by atoms with E-state index >= 15 is 0 Å². The quantitative estimate of drug-likeness (QED) is 0.171. The van der Waals surface area contributed by atoms with Gasteiger partial charge in [-0.2, -0.15) is 34.4 Å². The van der Waals surface area contributed by atoms with Gasteiger partial charge in [0, 0.05) is 0 Å². The lowest BCUT2D eigenvalue weighted by atomic mass is 10.3. The third-order valence-corrected chi connectivity index (χ3v) is 4.75. The summed E-state index contributed by atoms with van der Waals surface area (Å²) in [6.45, 7) is -2.54. The van der Waals surface area contributed by atoms with Crippen LogP contribution in [0.25, 0.3) is 0 Å². The lowest BCUT2D eigenvalue weighted by Gasteiger charge is -2.13. The first kappa shape index (κ1) is 27.3. The summed E-state index contributed by atoms with van der Waals surface area (Å²) in [6.07, 6.45) is 0. The molecule has 0 aliphatic rings. The van der Waals surface area contributed by atoms with Crippen LogP contribution in [0.5, 0.6) is 11.5 Å². The van der Waals surface area contributed by atoms with Crippen molar-refractivity contribution in [1.82, 2.24) is 0 Å². The number of benzene rings is 1. The Bertz CT molecular complexity index is 939. The maximum Gasteiger partial charge on any atom is 0.465 e. The van der Waals surface area contributed by atoms with Crippen LogP contribution in [0, 0.1) is 0 Å². The Hall–Kier alpha value is -2.70. The molecule has 0 fully saturated rings. The van der Waals surface area contributed by atoms with Crippen LogP contribution in [0.15, 0.2) is 24.3 Å². The predicted octanol–water partition coefficient (Wildman–Crippen LogP) is 0.492. The fourth-order valence-electron chi connectivity index (χ4n) is 1.60. The topological polar surface area (TPSA) is 180 Å². The number of hydrogen-bond acceptors (Lipinski definition) is 10. The van der Waals surface area contributed by atoms with E-state index in [2.05, 4.69) is 9.47 Å². The van der Waals surface area contributed by atoms with E-state index in [0.29, 0.717) is 0 Å². The number of rotatable bonds is 12. The molecule has 182 valence electrons. The lowest BCUT2D eigenvalue weighted by molar-refractivity contribution is -0.162. The fourth-order valence-corrected chi connectivity index (χ4v) is 2.14. The van der Waals surface area contributed by atoms with Gasteiger partial charge in [0.25, 0.3) is 0 Å². The normalized spacial score (nSPS) is 12.7. The summed E-state index contributed by atoms with van der Waals surface area (Å²) in [6, 6.07) is 5.07. The molecule has 1 aromatic carbocycles. The second kappa shape index (κ2) is 10.3. The van der Waals surface area contributed by atoms with E-state index in [4.69, 9.17) is 18.6 Å². The third kappa shape index (κ3) is 7.18. The van der Waals surface area contributed by atoms with E-state index in [-0.39, 0.29) is 11.5 Å². The third-order valence-electron chi connectivity index (χ3n) is 3.12. The van der Waals surface area contributed by atoms with Crippen LogP contribution in [-0.2, 0) is 39.3 Å². The van der Waals surface area contributed by atoms with Crippen molar-refractivity contribution in [2.24, 2.45) is 0 Å². The maximum atomic E-state index is 12.9. The number of ether oxygens (including phenoxy) is 4. The largest absolute Gasteiger partial charge is 0.490 e. The van der Waals surface area contributed by atoms with Crippen LogP contribution >= 0.6 is 0 Å². The highest BCUT2D eigenvalue weighted by Crippen LogP contribution is 2.23. The molecule has 0 aromatic heterocycles. The lowest BCUT2D eigenvalue weighted by Crippen LogP contribution is -2.39. The summed E-state index contributed by atoms with van der Waals surface area (Å²) in [7, 11) is -12.0. The molecule has 0 amide bonds. The molecule has 0 bridgehead atoms. The molecule has 0 unspecified atom stereocenters. The Kier molecular flexibility index (Phi) is 8.78. The van der Waals surface area contributed by atoms with Crippen molar-refractivity contribution in [2.45, 2.75) is 10.5 Å². The molecule has 0 aliphatic heterocycles. The van der Waals surface area contributed by atoms with E-state index in [9.17, 15) is 44.0 Å². The van der Waals surface area contributed by atoms with Crippen molar-refractivity contribution in [2.75, 3.05) is 26.4 Å². The molecule has 1 aromatic rings. The number of esters is 2. The van der Waals surface area contributed by atoms with Gasteiger partial charge in [0.1, 0.15) is 37.9 Å². The van der Waals surface area contributed by atoms with E-state index in [1.54, 1.807) is 0 Å². The molecule has 2 N–H and O–H groups in total. The van der Waals surface area contributed by atoms with Crippen LogP contribution in [0.4, 0.5) is 17.6 Å². The zero-order chi connectivity index (χ0) is 24.8. The van der Waals surface area contributed by atoms with E-state index < -0.39 is 69.1 Å². The Balaban J connectivity index is 2.39. The monoisotopic (exact) mass is 514 g/mol. The molecular weight excluding hydrogens is 500 g/mol. The molecule has 18 heteroatoms. The molecule has 0 heterocycles. The van der Waals surface area contributed by atoms with E-state index in [0.717, 1.165) is 0 Å². The average molecular weight is 514 g/mol. The number of carbonyl (C=O) groups excluding carboxylic acids is 2. The van der Waals surface area contributed by atoms with E-state index in [1.807, 2.05) is 0 Å². The summed E-state index contributed by atoms with van der Waals surface area (Å²) < 4.78 is 128. The van der Waals surface area contributed by atoms with Crippen LogP contribution in [-0.4, -0.2) is 74.8 Å². The highest BCUT2D eigenvalue weighted by Gasteiger charge is 2.54. The highest BCUT2D eigenvalue weighted by molar-refractivity contribution is 7.88. The second-order valence-corrected chi connectivity index (χ2v) is 8.35. The minimum Gasteiger partial charge on any atom is -0.490 e.